The summed E-state index contributed by atoms with van der Waals surface area (Å²) >= 11 is 0. The Labute approximate surface area is 220 Å². The summed E-state index contributed by atoms with van der Waals surface area (Å²) in [5.74, 6) is -2.60. The smallest absolute Gasteiger partial charge is 0.329 e. The second kappa shape index (κ2) is 14.5. The Morgan fingerprint density at radius 3 is 2.33 bits per heavy atom. The van der Waals surface area contributed by atoms with Crippen LogP contribution in [-0.4, -0.2) is 59.2 Å². The molecule has 1 unspecified atom stereocenters. The SMILES string of the molecule is C/C=C1\NC(=O)[C@H]2CSSCC/C=C/[C@H](CC(=O)C[C@H](C(C)C)C(=O)N2)OC(=O)C(C(C)C)NC1=O. The fourth-order valence-corrected chi connectivity index (χ4v) is 5.91. The fraction of sp³-hybridized carbons (Fsp3) is 0.640. The lowest BCUT2D eigenvalue weighted by atomic mass is 9.88. The van der Waals surface area contributed by atoms with Crippen molar-refractivity contribution < 1.29 is 28.7 Å². The summed E-state index contributed by atoms with van der Waals surface area (Å²) in [5, 5.41) is 8.05. The van der Waals surface area contributed by atoms with E-state index in [1.165, 1.54) is 16.9 Å². The number of ketones is 1. The number of hydrogen-bond donors (Lipinski definition) is 3. The van der Waals surface area contributed by atoms with Crippen molar-refractivity contribution in [3.63, 3.8) is 0 Å². The Balaban J connectivity index is 2.55. The van der Waals surface area contributed by atoms with E-state index in [2.05, 4.69) is 16.0 Å². The number of fused-ring (bicyclic) bond motifs is 7. The molecule has 11 heteroatoms. The number of rotatable bonds is 2. The van der Waals surface area contributed by atoms with Gasteiger partial charge in [0.15, 0.2) is 0 Å². The number of nitrogens with one attached hydrogen (secondary N) is 3. The quantitative estimate of drug-likeness (QED) is 0.211. The van der Waals surface area contributed by atoms with Crippen LogP contribution in [0.4, 0.5) is 0 Å². The van der Waals surface area contributed by atoms with Gasteiger partial charge >= 0.3 is 5.97 Å². The zero-order chi connectivity index (χ0) is 26.8. The molecule has 2 bridgehead atoms. The van der Waals surface area contributed by atoms with Gasteiger partial charge in [0.2, 0.25) is 11.8 Å². The summed E-state index contributed by atoms with van der Waals surface area (Å²) in [6, 6.07) is -1.90. The third-order valence-corrected chi connectivity index (χ3v) is 8.40. The number of Topliss-reactive ketones (excluding diaryl/α,β-unsaturated/α-hetero) is 1. The predicted molar refractivity (Wildman–Crippen MR) is 142 cm³/mol. The highest BCUT2D eigenvalue weighted by molar-refractivity contribution is 8.76. The summed E-state index contributed by atoms with van der Waals surface area (Å²) in [6.07, 6.45) is 4.75. The molecule has 2 rings (SSSR count). The number of allylic oxidation sites excluding steroid dienone is 2. The first-order valence-electron chi connectivity index (χ1n) is 12.2. The van der Waals surface area contributed by atoms with Crippen molar-refractivity contribution >= 4 is 51.1 Å². The molecule has 0 aromatic carbocycles. The molecule has 2 aliphatic heterocycles. The zero-order valence-corrected chi connectivity index (χ0v) is 23.1. The number of carbonyl (C=O) groups excluding carboxylic acids is 5. The molecule has 9 nitrogen and oxygen atoms in total. The largest absolute Gasteiger partial charge is 0.456 e. The van der Waals surface area contributed by atoms with E-state index in [9.17, 15) is 24.0 Å². The van der Waals surface area contributed by atoms with E-state index in [0.29, 0.717) is 6.42 Å². The van der Waals surface area contributed by atoms with Gasteiger partial charge in [0.25, 0.3) is 5.91 Å². The van der Waals surface area contributed by atoms with Crippen molar-refractivity contribution in [3.05, 3.63) is 23.9 Å². The standard InChI is InChI=1S/C25H37N3O6S2/c1-6-19-23(31)28-21(15(4)5)25(33)34-17-9-7-8-10-35-36-13-20(24(32)26-19)27-22(30)18(14(2)3)12-16(29)11-17/h6-7,9,14-15,17-18,20-21H,8,10-13H2,1-5H3,(H,26,32)(H,27,30)(H,28,31)/b9-7+,19-6-/t17-,18-,20-,21?/m1/s1. The lowest BCUT2D eigenvalue weighted by Crippen LogP contribution is -2.53. The highest BCUT2D eigenvalue weighted by Gasteiger charge is 2.33. The first kappa shape index (κ1) is 30.0. The Morgan fingerprint density at radius 1 is 0.972 bits per heavy atom. The topological polar surface area (TPSA) is 131 Å². The number of esters is 1. The van der Waals surface area contributed by atoms with Gasteiger partial charge in [0, 0.05) is 30.3 Å². The molecule has 1 fully saturated rings. The van der Waals surface area contributed by atoms with Crippen LogP contribution in [0.25, 0.3) is 0 Å². The van der Waals surface area contributed by atoms with Crippen LogP contribution in [0.1, 0.15) is 53.9 Å². The van der Waals surface area contributed by atoms with E-state index in [1.54, 1.807) is 37.6 Å². The molecule has 0 saturated carbocycles. The molecule has 0 radical (unpaired) electrons. The second-order valence-corrected chi connectivity index (χ2v) is 12.2. The van der Waals surface area contributed by atoms with Crippen LogP contribution in [-0.2, 0) is 28.7 Å². The van der Waals surface area contributed by atoms with Crippen molar-refractivity contribution in [2.24, 2.45) is 17.8 Å². The molecule has 1 saturated heterocycles. The van der Waals surface area contributed by atoms with E-state index in [1.807, 2.05) is 19.9 Å². The average molecular weight is 540 g/mol. The summed E-state index contributed by atoms with van der Waals surface area (Å²) in [4.78, 5) is 65.4. The van der Waals surface area contributed by atoms with Crippen LogP contribution in [0, 0.1) is 17.8 Å². The average Bonchev–Trinajstić information content (AvgIpc) is 2.81. The number of amides is 3. The number of carbonyl (C=O) groups is 5. The highest BCUT2D eigenvalue weighted by Crippen LogP contribution is 2.25. The minimum atomic E-state index is -0.982. The van der Waals surface area contributed by atoms with Crippen molar-refractivity contribution in [3.8, 4) is 0 Å². The molecular weight excluding hydrogens is 502 g/mol. The lowest BCUT2D eigenvalue weighted by molar-refractivity contribution is -0.153. The van der Waals surface area contributed by atoms with Gasteiger partial charge in [-0.2, -0.15) is 0 Å². The number of hydrogen-bond acceptors (Lipinski definition) is 8. The van der Waals surface area contributed by atoms with Gasteiger partial charge in [-0.15, -0.1) is 0 Å². The maximum absolute atomic E-state index is 13.2. The summed E-state index contributed by atoms with van der Waals surface area (Å²) in [7, 11) is 2.98. The summed E-state index contributed by atoms with van der Waals surface area (Å²) < 4.78 is 5.69. The van der Waals surface area contributed by atoms with Crippen LogP contribution in [0.5, 0.6) is 0 Å². The normalized spacial score (nSPS) is 29.9. The molecule has 3 N–H and O–H groups in total. The molecule has 36 heavy (non-hydrogen) atoms. The van der Waals surface area contributed by atoms with Crippen molar-refractivity contribution in [2.75, 3.05) is 11.5 Å². The maximum Gasteiger partial charge on any atom is 0.329 e. The van der Waals surface area contributed by atoms with Crippen molar-refractivity contribution in [2.45, 2.75) is 72.1 Å². The molecular formula is C25H37N3O6S2. The molecule has 3 amide bonds. The Hall–Kier alpha value is -2.27. The Bertz CT molecular complexity index is 902. The molecule has 0 aliphatic carbocycles. The van der Waals surface area contributed by atoms with Crippen LogP contribution in [0.15, 0.2) is 23.9 Å². The van der Waals surface area contributed by atoms with Gasteiger partial charge < -0.3 is 20.7 Å². The minimum absolute atomic E-state index is 0.0289. The van der Waals surface area contributed by atoms with E-state index >= 15 is 0 Å². The monoisotopic (exact) mass is 539 g/mol. The van der Waals surface area contributed by atoms with E-state index in [0.717, 1.165) is 5.75 Å². The third-order valence-electron chi connectivity index (χ3n) is 5.95. The third kappa shape index (κ3) is 8.99. The summed E-state index contributed by atoms with van der Waals surface area (Å²) in [5.41, 5.74) is -0.0289. The van der Waals surface area contributed by atoms with Crippen molar-refractivity contribution in [1.82, 2.24) is 16.0 Å². The minimum Gasteiger partial charge on any atom is -0.456 e. The number of ether oxygens (including phenoxy) is 1. The predicted octanol–water partition coefficient (Wildman–Crippen LogP) is 2.52. The Morgan fingerprint density at radius 2 is 1.69 bits per heavy atom. The van der Waals surface area contributed by atoms with Crippen LogP contribution in [0.2, 0.25) is 0 Å². The fourth-order valence-electron chi connectivity index (χ4n) is 3.75. The van der Waals surface area contributed by atoms with Crippen LogP contribution >= 0.6 is 21.6 Å². The first-order valence-corrected chi connectivity index (χ1v) is 14.7. The first-order chi connectivity index (χ1) is 17.0. The Kier molecular flexibility index (Phi) is 12.0. The van der Waals surface area contributed by atoms with Gasteiger partial charge in [-0.05, 0) is 31.3 Å². The van der Waals surface area contributed by atoms with Gasteiger partial charge in [-0.25, -0.2) is 4.79 Å². The summed E-state index contributed by atoms with van der Waals surface area (Å²) in [6.45, 7) is 8.82. The lowest BCUT2D eigenvalue weighted by Gasteiger charge is -2.27. The van der Waals surface area contributed by atoms with Crippen molar-refractivity contribution in [1.29, 1.82) is 0 Å². The molecule has 2 heterocycles. The molecule has 200 valence electrons. The van der Waals surface area contributed by atoms with E-state index in [-0.39, 0.29) is 41.9 Å². The van der Waals surface area contributed by atoms with E-state index in [4.69, 9.17) is 4.74 Å². The van der Waals surface area contributed by atoms with Crippen LogP contribution in [0.3, 0.4) is 0 Å². The molecule has 4 atom stereocenters. The van der Waals surface area contributed by atoms with Gasteiger partial charge in [-0.3, -0.25) is 19.2 Å². The molecule has 0 spiro atoms. The second-order valence-electron chi connectivity index (χ2n) is 9.54. The van der Waals surface area contributed by atoms with E-state index < -0.39 is 47.8 Å². The molecule has 0 aromatic heterocycles. The molecule has 2 aliphatic rings. The maximum atomic E-state index is 13.2. The van der Waals surface area contributed by atoms with Gasteiger partial charge in [-0.1, -0.05) is 61.4 Å². The van der Waals surface area contributed by atoms with Gasteiger partial charge in [0.1, 0.15) is 29.7 Å². The van der Waals surface area contributed by atoms with Crippen LogP contribution < -0.4 is 16.0 Å². The highest BCUT2D eigenvalue weighted by atomic mass is 33.1. The zero-order valence-electron chi connectivity index (χ0n) is 21.5. The van der Waals surface area contributed by atoms with Gasteiger partial charge in [0.05, 0.1) is 0 Å². The molecule has 0 aromatic rings.